The van der Waals surface area contributed by atoms with Crippen LogP contribution < -0.4 is 19.0 Å². The van der Waals surface area contributed by atoms with Crippen molar-refractivity contribution >= 4 is 23.1 Å². The number of benzene rings is 2. The largest absolute Gasteiger partial charge is 0.497 e. The predicted molar refractivity (Wildman–Crippen MR) is 136 cm³/mol. The highest BCUT2D eigenvalue weighted by molar-refractivity contribution is 7.07. The second-order valence-electron chi connectivity index (χ2n) is 8.10. The van der Waals surface area contributed by atoms with Gasteiger partial charge in [0.1, 0.15) is 17.2 Å². The zero-order valence-electron chi connectivity index (χ0n) is 20.5. The van der Waals surface area contributed by atoms with E-state index in [1.807, 2.05) is 37.3 Å². The molecule has 0 bridgehead atoms. The molecule has 1 saturated heterocycles. The lowest BCUT2D eigenvalue weighted by molar-refractivity contribution is 0.0926. The maximum absolute atomic E-state index is 12.2. The number of ether oxygens (including phenoxy) is 4. The van der Waals surface area contributed by atoms with Crippen LogP contribution in [0.4, 0.5) is 10.5 Å². The summed E-state index contributed by atoms with van der Waals surface area (Å²) in [6, 6.07) is 13.8. The summed E-state index contributed by atoms with van der Waals surface area (Å²) in [6.07, 6.45) is 1.38. The average molecular weight is 498 g/mol. The van der Waals surface area contributed by atoms with E-state index in [1.165, 1.54) is 0 Å². The molecule has 0 radical (unpaired) electrons. The fraction of sp³-hybridized carbons (Fsp3) is 0.385. The quantitative estimate of drug-likeness (QED) is 0.445. The number of likely N-dealkylation sites (tertiary alicyclic amines) is 1. The van der Waals surface area contributed by atoms with Gasteiger partial charge in [-0.2, -0.15) is 0 Å². The van der Waals surface area contributed by atoms with Crippen LogP contribution in [0, 0.1) is 0 Å². The summed E-state index contributed by atoms with van der Waals surface area (Å²) in [5.74, 6) is 2.18. The first-order chi connectivity index (χ1) is 17.1. The van der Waals surface area contributed by atoms with Gasteiger partial charge >= 0.3 is 6.09 Å². The first-order valence-electron chi connectivity index (χ1n) is 11.6. The van der Waals surface area contributed by atoms with Crippen LogP contribution >= 0.6 is 11.3 Å². The van der Waals surface area contributed by atoms with Gasteiger partial charge in [-0.1, -0.05) is 0 Å². The zero-order chi connectivity index (χ0) is 24.8. The van der Waals surface area contributed by atoms with Crippen LogP contribution in [0.5, 0.6) is 17.2 Å². The summed E-state index contributed by atoms with van der Waals surface area (Å²) in [5, 5.41) is 2.13. The maximum Gasteiger partial charge on any atom is 0.409 e. The van der Waals surface area contributed by atoms with Gasteiger partial charge in [-0.25, -0.2) is 9.79 Å². The monoisotopic (exact) mass is 497 g/mol. The molecule has 0 spiro atoms. The second-order valence-corrected chi connectivity index (χ2v) is 8.94. The van der Waals surface area contributed by atoms with Gasteiger partial charge in [-0.3, -0.25) is 0 Å². The Morgan fingerprint density at radius 2 is 1.60 bits per heavy atom. The molecular weight excluding hydrogens is 466 g/mol. The van der Waals surface area contributed by atoms with Gasteiger partial charge in [0.15, 0.2) is 4.80 Å². The van der Waals surface area contributed by atoms with Crippen molar-refractivity contribution in [3.8, 4) is 28.5 Å². The van der Waals surface area contributed by atoms with E-state index in [0.29, 0.717) is 31.2 Å². The van der Waals surface area contributed by atoms with Crippen molar-refractivity contribution in [2.24, 2.45) is 4.99 Å². The van der Waals surface area contributed by atoms with E-state index in [-0.39, 0.29) is 12.1 Å². The highest BCUT2D eigenvalue weighted by Gasteiger charge is 2.27. The Morgan fingerprint density at radius 1 is 0.971 bits per heavy atom. The zero-order valence-corrected chi connectivity index (χ0v) is 21.3. The van der Waals surface area contributed by atoms with Crippen LogP contribution in [0.2, 0.25) is 0 Å². The van der Waals surface area contributed by atoms with Gasteiger partial charge in [0.2, 0.25) is 0 Å². The molecule has 2 heterocycles. The van der Waals surface area contributed by atoms with Crippen LogP contribution in [0.1, 0.15) is 25.8 Å². The number of hydrogen-bond donors (Lipinski definition) is 0. The summed E-state index contributed by atoms with van der Waals surface area (Å²) in [4.78, 5) is 19.9. The minimum atomic E-state index is -0.245. The Labute approximate surface area is 209 Å². The topological polar surface area (TPSA) is 74.5 Å². The molecule has 8 nitrogen and oxygen atoms in total. The number of thiazole rings is 1. The van der Waals surface area contributed by atoms with Crippen molar-refractivity contribution in [2.75, 3.05) is 41.0 Å². The van der Waals surface area contributed by atoms with Crippen LogP contribution in [0.3, 0.4) is 0 Å². The molecule has 0 N–H and O–H groups in total. The molecule has 2 aromatic carbocycles. The lowest BCUT2D eigenvalue weighted by Crippen LogP contribution is -2.40. The molecule has 35 heavy (non-hydrogen) atoms. The molecule has 0 aliphatic carbocycles. The van der Waals surface area contributed by atoms with E-state index in [1.54, 1.807) is 37.6 Å². The van der Waals surface area contributed by atoms with Gasteiger partial charge in [0, 0.05) is 42.7 Å². The third-order valence-electron chi connectivity index (χ3n) is 6.04. The number of carbonyl (C=O) groups is 1. The average Bonchev–Trinajstić information content (AvgIpc) is 3.31. The normalized spacial score (nSPS) is 14.6. The summed E-state index contributed by atoms with van der Waals surface area (Å²) >= 11 is 1.59. The molecule has 3 aromatic rings. The number of carbonyl (C=O) groups excluding carboxylic acids is 1. The molecule has 0 atom stereocenters. The van der Waals surface area contributed by atoms with Crippen molar-refractivity contribution in [1.82, 2.24) is 9.47 Å². The standard InChI is InChI=1S/C26H31N3O5S/c1-5-34-26(30)28-12-10-20(11-13-28)29-24(18-6-8-21(31-2)9-7-18)17-35-25(29)27-19-14-22(32-3)16-23(15-19)33-4/h6-9,14-17,20H,5,10-13H2,1-4H3. The fourth-order valence-electron chi connectivity index (χ4n) is 4.22. The number of rotatable bonds is 7. The molecule has 1 fully saturated rings. The Morgan fingerprint density at radius 3 is 2.17 bits per heavy atom. The van der Waals surface area contributed by atoms with Crippen molar-refractivity contribution in [3.05, 3.63) is 52.6 Å². The number of amides is 1. The highest BCUT2D eigenvalue weighted by Crippen LogP contribution is 2.32. The minimum absolute atomic E-state index is 0.190. The Hall–Kier alpha value is -3.46. The Balaban J connectivity index is 1.74. The number of piperidine rings is 1. The highest BCUT2D eigenvalue weighted by atomic mass is 32.1. The van der Waals surface area contributed by atoms with Crippen LogP contribution in [-0.2, 0) is 4.74 Å². The van der Waals surface area contributed by atoms with Crippen molar-refractivity contribution in [3.63, 3.8) is 0 Å². The van der Waals surface area contributed by atoms with E-state index in [9.17, 15) is 4.79 Å². The van der Waals surface area contributed by atoms with E-state index in [0.717, 1.165) is 40.3 Å². The fourth-order valence-corrected chi connectivity index (χ4v) is 5.20. The molecule has 186 valence electrons. The molecule has 1 amide bonds. The van der Waals surface area contributed by atoms with Crippen molar-refractivity contribution in [2.45, 2.75) is 25.8 Å². The summed E-state index contributed by atoms with van der Waals surface area (Å²) < 4.78 is 23.7. The second kappa shape index (κ2) is 11.3. The predicted octanol–water partition coefficient (Wildman–Crippen LogP) is 5.27. The van der Waals surface area contributed by atoms with Gasteiger partial charge < -0.3 is 28.4 Å². The van der Waals surface area contributed by atoms with Gasteiger partial charge in [0.25, 0.3) is 0 Å². The van der Waals surface area contributed by atoms with Gasteiger partial charge in [0.05, 0.1) is 39.3 Å². The number of hydrogen-bond acceptors (Lipinski definition) is 7. The van der Waals surface area contributed by atoms with Gasteiger partial charge in [-0.05, 0) is 49.6 Å². The van der Waals surface area contributed by atoms with E-state index in [2.05, 4.69) is 22.1 Å². The van der Waals surface area contributed by atoms with Crippen molar-refractivity contribution in [1.29, 1.82) is 0 Å². The Bertz CT molecular complexity index is 1190. The third kappa shape index (κ3) is 5.62. The lowest BCUT2D eigenvalue weighted by atomic mass is 10.0. The van der Waals surface area contributed by atoms with Crippen LogP contribution in [-0.4, -0.2) is 56.6 Å². The third-order valence-corrected chi connectivity index (χ3v) is 6.88. The number of nitrogens with zero attached hydrogens (tertiary/aromatic N) is 3. The molecule has 4 rings (SSSR count). The molecule has 1 aromatic heterocycles. The summed E-state index contributed by atoms with van der Waals surface area (Å²) in [6.45, 7) is 3.49. The molecule has 0 unspecified atom stereocenters. The summed E-state index contributed by atoms with van der Waals surface area (Å²) in [7, 11) is 4.92. The Kier molecular flexibility index (Phi) is 7.97. The van der Waals surface area contributed by atoms with Crippen LogP contribution in [0.15, 0.2) is 52.8 Å². The van der Waals surface area contributed by atoms with Gasteiger partial charge in [-0.15, -0.1) is 11.3 Å². The number of methoxy groups -OCH3 is 3. The first kappa shape index (κ1) is 24.7. The van der Waals surface area contributed by atoms with E-state index >= 15 is 0 Å². The molecule has 1 aliphatic rings. The lowest BCUT2D eigenvalue weighted by Gasteiger charge is -2.32. The van der Waals surface area contributed by atoms with Crippen LogP contribution in [0.25, 0.3) is 11.3 Å². The molecule has 0 saturated carbocycles. The minimum Gasteiger partial charge on any atom is -0.497 e. The maximum atomic E-state index is 12.2. The number of aromatic nitrogens is 1. The smallest absolute Gasteiger partial charge is 0.409 e. The first-order valence-corrected chi connectivity index (χ1v) is 12.5. The summed E-state index contributed by atoms with van der Waals surface area (Å²) in [5.41, 5.74) is 2.92. The van der Waals surface area contributed by atoms with E-state index in [4.69, 9.17) is 23.9 Å². The molecule has 9 heteroatoms. The van der Waals surface area contributed by atoms with Crippen molar-refractivity contribution < 1.29 is 23.7 Å². The molecule has 1 aliphatic heterocycles. The van der Waals surface area contributed by atoms with E-state index < -0.39 is 0 Å². The molecular formula is C26H31N3O5S. The SMILES string of the molecule is CCOC(=O)N1CCC(n2c(-c3ccc(OC)cc3)csc2=Nc2cc(OC)cc(OC)c2)CC1.